The molecule has 0 bridgehead atoms. The van der Waals surface area contributed by atoms with Crippen molar-refractivity contribution in [2.24, 2.45) is 10.9 Å². The molecule has 1 N–H and O–H groups in total. The molecule has 0 aromatic heterocycles. The Morgan fingerprint density at radius 3 is 2.56 bits per heavy atom. The normalized spacial score (nSPS) is 21.8. The second-order valence-electron chi connectivity index (χ2n) is 7.32. The summed E-state index contributed by atoms with van der Waals surface area (Å²) < 4.78 is 0. The number of likely N-dealkylation sites (tertiary alicyclic amines) is 2. The largest absolute Gasteiger partial charge is 0.356 e. The number of aliphatic imine (C=N–C) groups is 1. The first-order valence-corrected chi connectivity index (χ1v) is 9.56. The quantitative estimate of drug-likeness (QED) is 0.370. The number of guanidine groups is 1. The van der Waals surface area contributed by atoms with Gasteiger partial charge in [-0.15, -0.1) is 24.0 Å². The molecule has 25 heavy (non-hydrogen) atoms. The molecule has 0 saturated carbocycles. The van der Waals surface area contributed by atoms with E-state index in [1.807, 2.05) is 0 Å². The summed E-state index contributed by atoms with van der Waals surface area (Å²) in [6, 6.07) is 0. The summed E-state index contributed by atoms with van der Waals surface area (Å²) in [5, 5.41) is 3.42. The monoisotopic (exact) mass is 465 g/mol. The molecule has 0 spiro atoms. The summed E-state index contributed by atoms with van der Waals surface area (Å²) in [6.07, 6.45) is 6.39. The van der Waals surface area contributed by atoms with Gasteiger partial charge in [0.15, 0.2) is 5.96 Å². The number of hydrogen-bond acceptors (Lipinski definition) is 3. The number of nitrogens with one attached hydrogen (secondary N) is 1. The van der Waals surface area contributed by atoms with Gasteiger partial charge in [-0.25, -0.2) is 4.99 Å². The van der Waals surface area contributed by atoms with E-state index < -0.39 is 0 Å². The molecule has 2 fully saturated rings. The van der Waals surface area contributed by atoms with Gasteiger partial charge in [-0.1, -0.05) is 13.3 Å². The molecule has 1 amide bonds. The zero-order valence-electron chi connectivity index (χ0n) is 16.2. The maximum absolute atomic E-state index is 11.8. The van der Waals surface area contributed by atoms with Crippen molar-refractivity contribution >= 4 is 35.8 Å². The molecule has 0 aliphatic carbocycles. The highest BCUT2D eigenvalue weighted by molar-refractivity contribution is 14.0. The highest BCUT2D eigenvalue weighted by Crippen LogP contribution is 2.19. The van der Waals surface area contributed by atoms with Gasteiger partial charge in [0, 0.05) is 40.3 Å². The molecule has 146 valence electrons. The van der Waals surface area contributed by atoms with E-state index in [2.05, 4.69) is 27.0 Å². The summed E-state index contributed by atoms with van der Waals surface area (Å²) >= 11 is 0. The van der Waals surface area contributed by atoms with Crippen molar-refractivity contribution in [2.45, 2.75) is 39.0 Å². The van der Waals surface area contributed by atoms with E-state index in [1.54, 1.807) is 19.0 Å². The van der Waals surface area contributed by atoms with Crippen molar-refractivity contribution in [1.82, 2.24) is 20.0 Å². The molecule has 0 aromatic carbocycles. The van der Waals surface area contributed by atoms with E-state index in [0.29, 0.717) is 0 Å². The van der Waals surface area contributed by atoms with Gasteiger partial charge in [0.1, 0.15) is 6.54 Å². The lowest BCUT2D eigenvalue weighted by Gasteiger charge is -2.29. The maximum atomic E-state index is 11.8. The summed E-state index contributed by atoms with van der Waals surface area (Å²) in [7, 11) is 3.56. The number of carbonyl (C=O) groups is 1. The lowest BCUT2D eigenvalue weighted by atomic mass is 10.1. The van der Waals surface area contributed by atoms with E-state index in [-0.39, 0.29) is 36.4 Å². The fraction of sp³-hybridized carbons (Fsp3) is 0.889. The smallest absolute Gasteiger partial charge is 0.243 e. The zero-order chi connectivity index (χ0) is 17.4. The molecule has 2 heterocycles. The minimum atomic E-state index is 0. The zero-order valence-corrected chi connectivity index (χ0v) is 18.5. The molecule has 0 radical (unpaired) electrons. The number of carbonyl (C=O) groups excluding carboxylic acids is 1. The van der Waals surface area contributed by atoms with Gasteiger partial charge in [0.2, 0.25) is 5.91 Å². The SMILES string of the molecule is CCCNC(=NCC(=O)N(C)C)N1CCC(CN2CCCCC2)C1.I. The molecular formula is C18H36IN5O. The predicted octanol–water partition coefficient (Wildman–Crippen LogP) is 1.86. The van der Waals surface area contributed by atoms with Crippen molar-refractivity contribution in [3.63, 3.8) is 0 Å². The van der Waals surface area contributed by atoms with Crippen LogP contribution in [0, 0.1) is 5.92 Å². The van der Waals surface area contributed by atoms with E-state index in [0.717, 1.165) is 37.9 Å². The Morgan fingerprint density at radius 1 is 1.20 bits per heavy atom. The Labute approximate surface area is 170 Å². The predicted molar refractivity (Wildman–Crippen MR) is 115 cm³/mol. The Hall–Kier alpha value is -0.570. The molecular weight excluding hydrogens is 429 g/mol. The summed E-state index contributed by atoms with van der Waals surface area (Å²) in [5.74, 6) is 1.68. The molecule has 2 aliphatic heterocycles. The number of amides is 1. The van der Waals surface area contributed by atoms with E-state index in [4.69, 9.17) is 0 Å². The molecule has 1 unspecified atom stereocenters. The van der Waals surface area contributed by atoms with Crippen molar-refractivity contribution in [3.05, 3.63) is 0 Å². The van der Waals surface area contributed by atoms with Gasteiger partial charge in [-0.3, -0.25) is 4.79 Å². The second-order valence-corrected chi connectivity index (χ2v) is 7.32. The highest BCUT2D eigenvalue weighted by Gasteiger charge is 2.27. The van der Waals surface area contributed by atoms with Crippen molar-refractivity contribution in [3.8, 4) is 0 Å². The first-order chi connectivity index (χ1) is 11.6. The van der Waals surface area contributed by atoms with Gasteiger partial charge < -0.3 is 20.0 Å². The third kappa shape index (κ3) is 7.68. The maximum Gasteiger partial charge on any atom is 0.243 e. The van der Waals surface area contributed by atoms with E-state index in [1.165, 1.54) is 45.3 Å². The number of rotatable bonds is 6. The van der Waals surface area contributed by atoms with Crippen LogP contribution in [-0.2, 0) is 4.79 Å². The Balaban J connectivity index is 0.00000312. The Bertz CT molecular complexity index is 424. The minimum Gasteiger partial charge on any atom is -0.356 e. The van der Waals surface area contributed by atoms with Gasteiger partial charge in [0.25, 0.3) is 0 Å². The topological polar surface area (TPSA) is 51.2 Å². The number of halogens is 1. The van der Waals surface area contributed by atoms with Crippen molar-refractivity contribution in [1.29, 1.82) is 0 Å². The van der Waals surface area contributed by atoms with Crippen molar-refractivity contribution in [2.75, 3.05) is 59.9 Å². The third-order valence-electron chi connectivity index (χ3n) is 4.95. The van der Waals surface area contributed by atoms with Crippen LogP contribution in [0.2, 0.25) is 0 Å². The molecule has 6 nitrogen and oxygen atoms in total. The van der Waals surface area contributed by atoms with Crippen LogP contribution in [0.5, 0.6) is 0 Å². The van der Waals surface area contributed by atoms with Crippen LogP contribution >= 0.6 is 24.0 Å². The average molecular weight is 465 g/mol. The van der Waals surface area contributed by atoms with Gasteiger partial charge in [-0.05, 0) is 44.7 Å². The molecule has 1 atom stereocenters. The summed E-state index contributed by atoms with van der Waals surface area (Å²) in [6.45, 7) is 9.14. The average Bonchev–Trinajstić information content (AvgIpc) is 3.03. The highest BCUT2D eigenvalue weighted by atomic mass is 127. The molecule has 2 aliphatic rings. The van der Waals surface area contributed by atoms with E-state index in [9.17, 15) is 4.79 Å². The second kappa shape index (κ2) is 11.9. The first-order valence-electron chi connectivity index (χ1n) is 9.56. The number of piperidine rings is 1. The summed E-state index contributed by atoms with van der Waals surface area (Å²) in [5.41, 5.74) is 0. The van der Waals surface area contributed by atoms with Gasteiger partial charge in [-0.2, -0.15) is 0 Å². The van der Waals surface area contributed by atoms with Crippen LogP contribution in [0.1, 0.15) is 39.0 Å². The van der Waals surface area contributed by atoms with Crippen LogP contribution in [0.3, 0.4) is 0 Å². The van der Waals surface area contributed by atoms with Crippen LogP contribution in [0.25, 0.3) is 0 Å². The standard InChI is InChI=1S/C18H35N5O.HI/c1-4-9-19-18(20-13-17(24)21(2)3)23-12-8-16(15-23)14-22-10-6-5-7-11-22;/h16H,4-15H2,1-3H3,(H,19,20);1H. The minimum absolute atomic E-state index is 0. The van der Waals surface area contributed by atoms with E-state index >= 15 is 0 Å². The van der Waals surface area contributed by atoms with Gasteiger partial charge >= 0.3 is 0 Å². The van der Waals surface area contributed by atoms with Crippen LogP contribution in [0.15, 0.2) is 4.99 Å². The summed E-state index contributed by atoms with van der Waals surface area (Å²) in [4.78, 5) is 23.0. The first kappa shape index (κ1) is 22.5. The molecule has 0 aromatic rings. The lowest BCUT2D eigenvalue weighted by molar-refractivity contribution is -0.127. The van der Waals surface area contributed by atoms with Gasteiger partial charge in [0.05, 0.1) is 0 Å². The number of hydrogen-bond donors (Lipinski definition) is 1. The fourth-order valence-electron chi connectivity index (χ4n) is 3.47. The third-order valence-corrected chi connectivity index (χ3v) is 4.95. The fourth-order valence-corrected chi connectivity index (χ4v) is 3.47. The van der Waals surface area contributed by atoms with Crippen LogP contribution in [-0.4, -0.2) is 86.5 Å². The lowest BCUT2D eigenvalue weighted by Crippen LogP contribution is -2.42. The van der Waals surface area contributed by atoms with Crippen molar-refractivity contribution < 1.29 is 4.79 Å². The molecule has 2 rings (SSSR count). The number of nitrogens with zero attached hydrogens (tertiary/aromatic N) is 4. The molecule has 2 saturated heterocycles. The van der Waals surface area contributed by atoms with Crippen LogP contribution in [0.4, 0.5) is 0 Å². The van der Waals surface area contributed by atoms with Crippen LogP contribution < -0.4 is 5.32 Å². The number of likely N-dealkylation sites (N-methyl/N-ethyl adjacent to an activating group) is 1. The Morgan fingerprint density at radius 2 is 1.92 bits per heavy atom. The molecule has 7 heteroatoms. The Kier molecular flexibility index (Phi) is 10.7.